The minimum absolute atomic E-state index is 0.228. The Labute approximate surface area is 231 Å². The van der Waals surface area contributed by atoms with Gasteiger partial charge in [-0.15, -0.1) is 0 Å². The van der Waals surface area contributed by atoms with Crippen molar-refractivity contribution in [3.63, 3.8) is 0 Å². The van der Waals surface area contributed by atoms with Crippen LogP contribution in [0.5, 0.6) is 0 Å². The number of carbonyl (C=O) groups excluding carboxylic acids is 1. The lowest BCUT2D eigenvalue weighted by molar-refractivity contribution is 0.121. The van der Waals surface area contributed by atoms with Gasteiger partial charge in [-0.25, -0.2) is 18.3 Å². The molecule has 0 radical (unpaired) electrons. The molecule has 1 saturated heterocycles. The van der Waals surface area contributed by atoms with Gasteiger partial charge in [-0.1, -0.05) is 24.3 Å². The molecule has 11 heteroatoms. The molecule has 2 N–H and O–H groups in total. The molecule has 0 unspecified atom stereocenters. The molecule has 5 rings (SSSR count). The van der Waals surface area contributed by atoms with Crippen molar-refractivity contribution in [1.29, 1.82) is 0 Å². The number of benzene rings is 2. The molecule has 4 aromatic rings. The highest BCUT2D eigenvalue weighted by Gasteiger charge is 2.35. The number of amides is 2. The monoisotopic (exact) mass is 549 g/mol. The number of halogens is 2. The lowest BCUT2D eigenvalue weighted by atomic mass is 9.94. The van der Waals surface area contributed by atoms with Crippen molar-refractivity contribution in [3.05, 3.63) is 83.7 Å². The normalized spacial score (nSPS) is 17.3. The maximum atomic E-state index is 14.1. The summed E-state index contributed by atoms with van der Waals surface area (Å²) in [6, 6.07) is 12.7. The zero-order valence-corrected chi connectivity index (χ0v) is 22.8. The van der Waals surface area contributed by atoms with Crippen LogP contribution >= 0.6 is 0 Å². The Balaban J connectivity index is 1.40. The Bertz CT molecular complexity index is 1470. The van der Waals surface area contributed by atoms with E-state index < -0.39 is 17.7 Å². The standard InChI is InChI=1S/C29H33F2N7O2/c1-4-40-13-12-37-17-23(20-10-11-24(30)25(31)14-20)26(18-37)33-29(39)34-28-19(2)27(21-15-32-36(3)16-21)35-38(28)22-8-6-5-7-9-22/h5-11,14-16,23,26H,4,12-13,17-18H2,1-3H3,(H2,33,34,39)/t23-,26+/m0/s1. The van der Waals surface area contributed by atoms with Crippen LogP contribution in [0.4, 0.5) is 19.4 Å². The lowest BCUT2D eigenvalue weighted by Gasteiger charge is -2.21. The summed E-state index contributed by atoms with van der Waals surface area (Å²) >= 11 is 0. The molecule has 0 aliphatic carbocycles. The second-order valence-electron chi connectivity index (χ2n) is 9.91. The van der Waals surface area contributed by atoms with Crippen molar-refractivity contribution in [2.75, 3.05) is 38.2 Å². The van der Waals surface area contributed by atoms with E-state index in [-0.39, 0.29) is 12.0 Å². The third-order valence-electron chi connectivity index (χ3n) is 7.17. The largest absolute Gasteiger partial charge is 0.380 e. The molecule has 2 amide bonds. The van der Waals surface area contributed by atoms with Crippen molar-refractivity contribution in [1.82, 2.24) is 29.8 Å². The molecular formula is C29H33F2N7O2. The van der Waals surface area contributed by atoms with Crippen molar-refractivity contribution in [3.8, 4) is 16.9 Å². The van der Waals surface area contributed by atoms with Gasteiger partial charge in [0.1, 0.15) is 11.5 Å². The molecule has 3 heterocycles. The van der Waals surface area contributed by atoms with Gasteiger partial charge in [-0.2, -0.15) is 10.2 Å². The zero-order valence-electron chi connectivity index (χ0n) is 22.8. The lowest BCUT2D eigenvalue weighted by Crippen LogP contribution is -2.42. The zero-order chi connectivity index (χ0) is 28.2. The molecular weight excluding hydrogens is 516 g/mol. The number of likely N-dealkylation sites (tertiary alicyclic amines) is 1. The Morgan fingerprint density at radius 2 is 1.93 bits per heavy atom. The first-order valence-electron chi connectivity index (χ1n) is 13.3. The van der Waals surface area contributed by atoms with Gasteiger partial charge in [-0.3, -0.25) is 14.9 Å². The summed E-state index contributed by atoms with van der Waals surface area (Å²) in [4.78, 5) is 15.6. The first-order chi connectivity index (χ1) is 19.3. The first-order valence-corrected chi connectivity index (χ1v) is 13.3. The molecule has 40 heavy (non-hydrogen) atoms. The topological polar surface area (TPSA) is 89.2 Å². The first kappa shape index (κ1) is 27.5. The van der Waals surface area contributed by atoms with Crippen LogP contribution in [0, 0.1) is 18.6 Å². The molecule has 1 fully saturated rings. The summed E-state index contributed by atoms with van der Waals surface area (Å²) in [5.74, 6) is -1.50. The van der Waals surface area contributed by atoms with Crippen LogP contribution in [0.2, 0.25) is 0 Å². The Morgan fingerprint density at radius 1 is 1.12 bits per heavy atom. The van der Waals surface area contributed by atoms with E-state index in [0.29, 0.717) is 49.9 Å². The number of rotatable bonds is 9. The molecule has 0 bridgehead atoms. The number of aromatic nitrogens is 4. The van der Waals surface area contributed by atoms with Gasteiger partial charge in [0.25, 0.3) is 0 Å². The van der Waals surface area contributed by atoms with Crippen LogP contribution in [0.3, 0.4) is 0 Å². The van der Waals surface area contributed by atoms with Crippen LogP contribution in [-0.4, -0.2) is 69.4 Å². The number of hydrogen-bond donors (Lipinski definition) is 2. The molecule has 9 nitrogen and oxygen atoms in total. The molecule has 0 spiro atoms. The predicted molar refractivity (Wildman–Crippen MR) is 148 cm³/mol. The van der Waals surface area contributed by atoms with Gasteiger partial charge in [0.2, 0.25) is 0 Å². The van der Waals surface area contributed by atoms with Crippen LogP contribution in [-0.2, 0) is 11.8 Å². The highest BCUT2D eigenvalue weighted by atomic mass is 19.2. The number of ether oxygens (including phenoxy) is 1. The third kappa shape index (κ3) is 5.90. The van der Waals surface area contributed by atoms with Crippen molar-refractivity contribution in [2.45, 2.75) is 25.8 Å². The minimum Gasteiger partial charge on any atom is -0.380 e. The van der Waals surface area contributed by atoms with Crippen molar-refractivity contribution >= 4 is 11.8 Å². The van der Waals surface area contributed by atoms with E-state index in [4.69, 9.17) is 9.84 Å². The van der Waals surface area contributed by atoms with Gasteiger partial charge < -0.3 is 10.1 Å². The fraction of sp³-hybridized carbons (Fsp3) is 0.345. The second kappa shape index (κ2) is 12.0. The average Bonchev–Trinajstić information content (AvgIpc) is 3.64. The Morgan fingerprint density at radius 3 is 2.62 bits per heavy atom. The quantitative estimate of drug-likeness (QED) is 0.301. The van der Waals surface area contributed by atoms with Gasteiger partial charge in [0.15, 0.2) is 11.6 Å². The maximum Gasteiger partial charge on any atom is 0.320 e. The highest BCUT2D eigenvalue weighted by molar-refractivity contribution is 5.91. The Hall–Kier alpha value is -4.09. The van der Waals surface area contributed by atoms with Gasteiger partial charge >= 0.3 is 6.03 Å². The summed E-state index contributed by atoms with van der Waals surface area (Å²) in [6.07, 6.45) is 3.60. The summed E-state index contributed by atoms with van der Waals surface area (Å²) < 4.78 is 36.7. The fourth-order valence-electron chi connectivity index (χ4n) is 5.16. The van der Waals surface area contributed by atoms with E-state index in [1.165, 1.54) is 6.07 Å². The molecule has 2 aromatic carbocycles. The molecule has 210 valence electrons. The molecule has 1 aliphatic rings. The smallest absolute Gasteiger partial charge is 0.320 e. The number of para-hydroxylation sites is 1. The van der Waals surface area contributed by atoms with E-state index >= 15 is 0 Å². The highest BCUT2D eigenvalue weighted by Crippen LogP contribution is 2.31. The van der Waals surface area contributed by atoms with E-state index in [1.807, 2.05) is 57.4 Å². The molecule has 0 saturated carbocycles. The van der Waals surface area contributed by atoms with Gasteiger partial charge in [0.05, 0.1) is 24.5 Å². The minimum atomic E-state index is -0.904. The summed E-state index contributed by atoms with van der Waals surface area (Å²) in [5, 5.41) is 15.2. The maximum absolute atomic E-state index is 14.1. The van der Waals surface area contributed by atoms with E-state index in [9.17, 15) is 13.6 Å². The number of aryl methyl sites for hydroxylation is 1. The SMILES string of the molecule is CCOCCN1C[C@@H](NC(=O)Nc2c(C)c(-c3cnn(C)c3)nn2-c2ccccc2)[C@H](c2ccc(F)c(F)c2)C1. The van der Waals surface area contributed by atoms with Crippen molar-refractivity contribution < 1.29 is 18.3 Å². The second-order valence-corrected chi connectivity index (χ2v) is 9.91. The van der Waals surface area contributed by atoms with Crippen LogP contribution in [0.1, 0.15) is 24.0 Å². The number of carbonyl (C=O) groups is 1. The van der Waals surface area contributed by atoms with Crippen LogP contribution in [0.15, 0.2) is 60.9 Å². The number of hydrogen-bond acceptors (Lipinski definition) is 5. The number of urea groups is 1. The van der Waals surface area contributed by atoms with Crippen molar-refractivity contribution in [2.24, 2.45) is 7.05 Å². The average molecular weight is 550 g/mol. The summed E-state index contributed by atoms with van der Waals surface area (Å²) in [5.41, 5.74) is 3.74. The third-order valence-corrected chi connectivity index (χ3v) is 7.17. The van der Waals surface area contributed by atoms with Crippen LogP contribution < -0.4 is 10.6 Å². The van der Waals surface area contributed by atoms with Gasteiger partial charge in [0, 0.05) is 56.5 Å². The predicted octanol–water partition coefficient (Wildman–Crippen LogP) is 4.49. The number of nitrogens with zero attached hydrogens (tertiary/aromatic N) is 5. The van der Waals surface area contributed by atoms with E-state index in [1.54, 1.807) is 21.6 Å². The van der Waals surface area contributed by atoms with E-state index in [2.05, 4.69) is 20.6 Å². The Kier molecular flexibility index (Phi) is 8.22. The molecule has 2 aromatic heterocycles. The number of nitrogens with one attached hydrogen (secondary N) is 2. The molecule has 1 aliphatic heterocycles. The van der Waals surface area contributed by atoms with Gasteiger partial charge in [-0.05, 0) is 43.7 Å². The fourth-order valence-corrected chi connectivity index (χ4v) is 5.16. The summed E-state index contributed by atoms with van der Waals surface area (Å²) in [7, 11) is 1.84. The number of anilines is 1. The molecule has 2 atom stereocenters. The van der Waals surface area contributed by atoms with E-state index in [0.717, 1.165) is 22.9 Å². The summed E-state index contributed by atoms with van der Waals surface area (Å²) in [6.45, 7) is 6.79. The van der Waals surface area contributed by atoms with Crippen LogP contribution in [0.25, 0.3) is 16.9 Å².